The van der Waals surface area contributed by atoms with Crippen LogP contribution in [0.4, 0.5) is 0 Å². The highest BCUT2D eigenvalue weighted by molar-refractivity contribution is 6.83. The molecule has 1 atom stereocenters. The van der Waals surface area contributed by atoms with E-state index in [1.165, 1.54) is 12.1 Å². The normalized spacial score (nSPS) is 22.8. The summed E-state index contributed by atoms with van der Waals surface area (Å²) in [7, 11) is -1.27. The van der Waals surface area contributed by atoms with E-state index in [1.54, 1.807) is 0 Å². The number of carbonyl (C=O) groups excluding carboxylic acids is 1. The van der Waals surface area contributed by atoms with E-state index in [9.17, 15) is 4.79 Å². The summed E-state index contributed by atoms with van der Waals surface area (Å²) in [5.41, 5.74) is 0. The van der Waals surface area contributed by atoms with Crippen molar-refractivity contribution < 1.29 is 9.53 Å². The van der Waals surface area contributed by atoms with Crippen molar-refractivity contribution in [2.24, 2.45) is 0 Å². The number of hydrogen-bond donors (Lipinski definition) is 0. The van der Waals surface area contributed by atoms with E-state index in [-0.39, 0.29) is 12.1 Å². The SMILES string of the molecule is CC(=O)O[C@H]1CCC=C1[Si](C)(C)C. The largest absolute Gasteiger partial charge is 0.458 e. The molecule has 0 radical (unpaired) electrons. The Morgan fingerprint density at radius 1 is 1.54 bits per heavy atom. The zero-order chi connectivity index (χ0) is 10.1. The monoisotopic (exact) mass is 198 g/mol. The zero-order valence-corrected chi connectivity index (χ0v) is 9.89. The molecule has 1 rings (SSSR count). The molecular formula is C10H18O2Si. The van der Waals surface area contributed by atoms with Gasteiger partial charge in [0.2, 0.25) is 0 Å². The number of allylic oxidation sites excluding steroid dienone is 1. The van der Waals surface area contributed by atoms with Gasteiger partial charge in [-0.3, -0.25) is 4.79 Å². The van der Waals surface area contributed by atoms with Crippen molar-refractivity contribution in [3.63, 3.8) is 0 Å². The Morgan fingerprint density at radius 2 is 2.15 bits per heavy atom. The minimum atomic E-state index is -1.27. The van der Waals surface area contributed by atoms with E-state index in [1.807, 2.05) is 0 Å². The molecule has 0 heterocycles. The molecule has 0 aliphatic heterocycles. The van der Waals surface area contributed by atoms with E-state index >= 15 is 0 Å². The van der Waals surface area contributed by atoms with Gasteiger partial charge >= 0.3 is 5.97 Å². The molecule has 2 nitrogen and oxygen atoms in total. The Hall–Kier alpha value is -0.573. The maximum atomic E-state index is 10.8. The smallest absolute Gasteiger partial charge is 0.303 e. The van der Waals surface area contributed by atoms with Gasteiger partial charge in [0.25, 0.3) is 0 Å². The van der Waals surface area contributed by atoms with Crippen LogP contribution in [0.15, 0.2) is 11.3 Å². The van der Waals surface area contributed by atoms with E-state index in [2.05, 4.69) is 25.7 Å². The summed E-state index contributed by atoms with van der Waals surface area (Å²) in [5.74, 6) is -0.156. The van der Waals surface area contributed by atoms with Crippen LogP contribution in [0.5, 0.6) is 0 Å². The number of carbonyl (C=O) groups is 1. The first-order chi connectivity index (χ1) is 5.91. The van der Waals surface area contributed by atoms with Crippen LogP contribution in [0.2, 0.25) is 19.6 Å². The van der Waals surface area contributed by atoms with Crippen molar-refractivity contribution >= 4 is 14.0 Å². The highest BCUT2D eigenvalue weighted by Gasteiger charge is 2.31. The lowest BCUT2D eigenvalue weighted by molar-refractivity contribution is -0.144. The standard InChI is InChI=1S/C10H18O2Si/c1-8(11)12-9-6-5-7-10(9)13(2,3)4/h7,9H,5-6H2,1-4H3/t9-/m0/s1. The topological polar surface area (TPSA) is 26.3 Å². The van der Waals surface area contributed by atoms with Crippen LogP contribution in [-0.4, -0.2) is 20.1 Å². The minimum absolute atomic E-state index is 0.0872. The van der Waals surface area contributed by atoms with Gasteiger partial charge in [-0.05, 0) is 18.0 Å². The summed E-state index contributed by atoms with van der Waals surface area (Å²) in [6, 6.07) is 0. The van der Waals surface area contributed by atoms with Gasteiger partial charge in [0.1, 0.15) is 6.10 Å². The second kappa shape index (κ2) is 3.66. The Labute approximate surface area is 81.0 Å². The first kappa shape index (κ1) is 10.5. The molecule has 1 aliphatic carbocycles. The first-order valence-corrected chi connectivity index (χ1v) is 8.29. The maximum absolute atomic E-state index is 10.8. The van der Waals surface area contributed by atoms with Crippen LogP contribution in [0.25, 0.3) is 0 Å². The zero-order valence-electron chi connectivity index (χ0n) is 8.89. The second-order valence-electron chi connectivity index (χ2n) is 4.58. The molecule has 0 aromatic rings. The average molecular weight is 198 g/mol. The van der Waals surface area contributed by atoms with Gasteiger partial charge in [-0.15, -0.1) is 0 Å². The Balaban J connectivity index is 2.69. The molecule has 0 aromatic carbocycles. The molecule has 0 fully saturated rings. The van der Waals surface area contributed by atoms with Crippen molar-refractivity contribution in [1.82, 2.24) is 0 Å². The molecule has 13 heavy (non-hydrogen) atoms. The highest BCUT2D eigenvalue weighted by atomic mass is 28.3. The van der Waals surface area contributed by atoms with Crippen molar-refractivity contribution in [1.29, 1.82) is 0 Å². The summed E-state index contributed by atoms with van der Waals surface area (Å²) in [6.45, 7) is 8.36. The molecule has 0 unspecified atom stereocenters. The average Bonchev–Trinajstić information content (AvgIpc) is 2.31. The van der Waals surface area contributed by atoms with Gasteiger partial charge in [-0.2, -0.15) is 0 Å². The molecule has 0 aromatic heterocycles. The van der Waals surface area contributed by atoms with Gasteiger partial charge in [0, 0.05) is 6.92 Å². The molecule has 0 amide bonds. The minimum Gasteiger partial charge on any atom is -0.458 e. The lowest BCUT2D eigenvalue weighted by Gasteiger charge is -2.24. The van der Waals surface area contributed by atoms with Gasteiger partial charge in [-0.1, -0.05) is 25.7 Å². The van der Waals surface area contributed by atoms with Crippen LogP contribution in [0.1, 0.15) is 19.8 Å². The number of esters is 1. The molecular weight excluding hydrogens is 180 g/mol. The van der Waals surface area contributed by atoms with E-state index < -0.39 is 8.07 Å². The Kier molecular flexibility index (Phi) is 2.96. The maximum Gasteiger partial charge on any atom is 0.303 e. The van der Waals surface area contributed by atoms with Crippen molar-refractivity contribution in [2.75, 3.05) is 0 Å². The molecule has 74 valence electrons. The summed E-state index contributed by atoms with van der Waals surface area (Å²) < 4.78 is 5.28. The molecule has 0 saturated carbocycles. The predicted octanol–water partition coefficient (Wildman–Crippen LogP) is 2.52. The third-order valence-corrected chi connectivity index (χ3v) is 4.57. The summed E-state index contributed by atoms with van der Waals surface area (Å²) >= 11 is 0. The summed E-state index contributed by atoms with van der Waals surface area (Å²) in [6.07, 6.45) is 4.40. The van der Waals surface area contributed by atoms with Crippen LogP contribution in [0, 0.1) is 0 Å². The third kappa shape index (κ3) is 2.69. The lowest BCUT2D eigenvalue weighted by Crippen LogP contribution is -2.32. The van der Waals surface area contributed by atoms with Crippen LogP contribution >= 0.6 is 0 Å². The van der Waals surface area contributed by atoms with E-state index in [0.717, 1.165) is 12.8 Å². The fourth-order valence-electron chi connectivity index (χ4n) is 1.79. The summed E-state index contributed by atoms with van der Waals surface area (Å²) in [5, 5.41) is 1.41. The van der Waals surface area contributed by atoms with Crippen molar-refractivity contribution in [3.8, 4) is 0 Å². The van der Waals surface area contributed by atoms with Crippen LogP contribution < -0.4 is 0 Å². The fraction of sp³-hybridized carbons (Fsp3) is 0.700. The van der Waals surface area contributed by atoms with Crippen LogP contribution in [-0.2, 0) is 9.53 Å². The number of rotatable bonds is 2. The van der Waals surface area contributed by atoms with Gasteiger partial charge in [-0.25, -0.2) is 0 Å². The second-order valence-corrected chi connectivity index (χ2v) is 9.66. The molecule has 0 N–H and O–H groups in total. The molecule has 0 bridgehead atoms. The molecule has 1 aliphatic rings. The van der Waals surface area contributed by atoms with Crippen molar-refractivity contribution in [3.05, 3.63) is 11.3 Å². The lowest BCUT2D eigenvalue weighted by atomic mass is 10.3. The number of ether oxygens (including phenoxy) is 1. The van der Waals surface area contributed by atoms with Gasteiger partial charge in [0.15, 0.2) is 0 Å². The third-order valence-electron chi connectivity index (χ3n) is 2.31. The van der Waals surface area contributed by atoms with Gasteiger partial charge < -0.3 is 4.74 Å². The Morgan fingerprint density at radius 3 is 2.62 bits per heavy atom. The fourth-order valence-corrected chi connectivity index (χ4v) is 3.71. The van der Waals surface area contributed by atoms with Crippen LogP contribution in [0.3, 0.4) is 0 Å². The van der Waals surface area contributed by atoms with Gasteiger partial charge in [0.05, 0.1) is 8.07 Å². The molecule has 0 saturated heterocycles. The van der Waals surface area contributed by atoms with Crippen molar-refractivity contribution in [2.45, 2.75) is 45.5 Å². The molecule has 0 spiro atoms. The molecule has 3 heteroatoms. The van der Waals surface area contributed by atoms with E-state index in [4.69, 9.17) is 4.74 Å². The number of hydrogen-bond acceptors (Lipinski definition) is 2. The first-order valence-electron chi connectivity index (χ1n) is 4.79. The predicted molar refractivity (Wildman–Crippen MR) is 56.2 cm³/mol. The van der Waals surface area contributed by atoms with E-state index in [0.29, 0.717) is 0 Å². The Bertz CT molecular complexity index is 238. The highest BCUT2D eigenvalue weighted by Crippen LogP contribution is 2.29. The summed E-state index contributed by atoms with van der Waals surface area (Å²) in [4.78, 5) is 10.8. The quantitative estimate of drug-likeness (QED) is 0.503.